The molecule has 2 heterocycles. The van der Waals surface area contributed by atoms with E-state index in [-0.39, 0.29) is 0 Å². The first-order valence-corrected chi connectivity index (χ1v) is 10.6. The number of aryl methyl sites for hydroxylation is 2. The minimum absolute atomic E-state index is 0.584. The molecule has 1 unspecified atom stereocenters. The third-order valence-electron chi connectivity index (χ3n) is 4.69. The van der Waals surface area contributed by atoms with Crippen molar-refractivity contribution in [3.8, 4) is 16.9 Å². The van der Waals surface area contributed by atoms with E-state index in [1.165, 1.54) is 11.3 Å². The lowest BCUT2D eigenvalue weighted by molar-refractivity contribution is -0.160. The Balaban J connectivity index is 2.21. The number of allylic oxidation sites excluding steroid dienone is 2. The zero-order valence-corrected chi connectivity index (χ0v) is 18.3. The SMILES string of the molecule is C=C/C=C\c1c(C)sc(C(OC(C)(C)C)C(=O)O)c1-c1ccc2c(c1)CCCO2. The molecular formula is C24H28O4S. The Morgan fingerprint density at radius 3 is 2.79 bits per heavy atom. The van der Waals surface area contributed by atoms with Gasteiger partial charge in [-0.05, 0) is 69.4 Å². The number of benzene rings is 1. The van der Waals surface area contributed by atoms with Crippen molar-refractivity contribution >= 4 is 23.4 Å². The van der Waals surface area contributed by atoms with Crippen LogP contribution in [0.2, 0.25) is 0 Å². The predicted octanol–water partition coefficient (Wildman–Crippen LogP) is 6.19. The van der Waals surface area contributed by atoms with Crippen LogP contribution in [0, 0.1) is 6.92 Å². The first kappa shape index (κ1) is 21.3. The average molecular weight is 413 g/mol. The Morgan fingerprint density at radius 2 is 2.14 bits per heavy atom. The normalized spacial score (nSPS) is 15.0. The van der Waals surface area contributed by atoms with Crippen LogP contribution in [0.5, 0.6) is 5.75 Å². The maximum atomic E-state index is 12.2. The molecule has 1 aliphatic rings. The molecular weight excluding hydrogens is 384 g/mol. The fourth-order valence-corrected chi connectivity index (χ4v) is 4.71. The summed E-state index contributed by atoms with van der Waals surface area (Å²) in [5, 5.41) is 9.96. The molecule has 1 N–H and O–H groups in total. The molecule has 0 saturated carbocycles. The largest absolute Gasteiger partial charge is 0.493 e. The van der Waals surface area contributed by atoms with Gasteiger partial charge in [0.05, 0.1) is 17.1 Å². The highest BCUT2D eigenvalue weighted by Crippen LogP contribution is 2.44. The van der Waals surface area contributed by atoms with Gasteiger partial charge in [0.1, 0.15) is 5.75 Å². The maximum absolute atomic E-state index is 12.2. The van der Waals surface area contributed by atoms with Gasteiger partial charge in [-0.2, -0.15) is 0 Å². The fraction of sp³-hybridized carbons (Fsp3) is 0.375. The molecule has 0 fully saturated rings. The summed E-state index contributed by atoms with van der Waals surface area (Å²) in [6, 6.07) is 6.12. The lowest BCUT2D eigenvalue weighted by atomic mass is 9.94. The summed E-state index contributed by atoms with van der Waals surface area (Å²) in [6.07, 6.45) is 6.50. The molecule has 0 bridgehead atoms. The van der Waals surface area contributed by atoms with Gasteiger partial charge < -0.3 is 14.6 Å². The Kier molecular flexibility index (Phi) is 6.30. The number of aliphatic carboxylic acids is 1. The number of carboxylic acids is 1. The second kappa shape index (κ2) is 8.56. The fourth-order valence-electron chi connectivity index (χ4n) is 3.51. The lowest BCUT2D eigenvalue weighted by Crippen LogP contribution is -2.27. The Bertz CT molecular complexity index is 947. The van der Waals surface area contributed by atoms with Crippen LogP contribution in [-0.4, -0.2) is 23.3 Å². The lowest BCUT2D eigenvalue weighted by Gasteiger charge is -2.25. The molecule has 1 atom stereocenters. The quantitative estimate of drug-likeness (QED) is 0.575. The van der Waals surface area contributed by atoms with Crippen LogP contribution >= 0.6 is 11.3 Å². The molecule has 5 heteroatoms. The van der Waals surface area contributed by atoms with Crippen molar-refractivity contribution in [3.05, 3.63) is 57.8 Å². The van der Waals surface area contributed by atoms with Gasteiger partial charge in [0.15, 0.2) is 6.10 Å². The third kappa shape index (κ3) is 4.80. The zero-order chi connectivity index (χ0) is 21.2. The summed E-state index contributed by atoms with van der Waals surface area (Å²) in [5.41, 5.74) is 3.48. The van der Waals surface area contributed by atoms with E-state index in [1.54, 1.807) is 6.08 Å². The van der Waals surface area contributed by atoms with Crippen LogP contribution in [0.25, 0.3) is 17.2 Å². The molecule has 0 saturated heterocycles. The summed E-state index contributed by atoms with van der Waals surface area (Å²) < 4.78 is 11.7. The van der Waals surface area contributed by atoms with Gasteiger partial charge in [0, 0.05) is 10.4 Å². The third-order valence-corrected chi connectivity index (χ3v) is 5.85. The minimum atomic E-state index is -1.04. The molecule has 3 rings (SSSR count). The van der Waals surface area contributed by atoms with Crippen LogP contribution in [0.3, 0.4) is 0 Å². The van der Waals surface area contributed by atoms with Gasteiger partial charge in [-0.15, -0.1) is 11.3 Å². The van der Waals surface area contributed by atoms with E-state index in [2.05, 4.69) is 12.6 Å². The van der Waals surface area contributed by atoms with E-state index in [9.17, 15) is 9.90 Å². The van der Waals surface area contributed by atoms with Crippen molar-refractivity contribution in [1.82, 2.24) is 0 Å². The van der Waals surface area contributed by atoms with Gasteiger partial charge in [-0.3, -0.25) is 0 Å². The molecule has 4 nitrogen and oxygen atoms in total. The van der Waals surface area contributed by atoms with E-state index < -0.39 is 17.7 Å². The molecule has 1 aromatic heterocycles. The molecule has 2 aromatic rings. The maximum Gasteiger partial charge on any atom is 0.338 e. The number of carboxylic acid groups (broad SMARTS) is 1. The van der Waals surface area contributed by atoms with Crippen LogP contribution in [0.1, 0.15) is 54.2 Å². The number of ether oxygens (including phenoxy) is 2. The number of hydrogen-bond acceptors (Lipinski definition) is 4. The second-order valence-electron chi connectivity index (χ2n) is 8.13. The molecule has 1 aromatic carbocycles. The van der Waals surface area contributed by atoms with Crippen molar-refractivity contribution < 1.29 is 19.4 Å². The monoisotopic (exact) mass is 412 g/mol. The van der Waals surface area contributed by atoms with Crippen LogP contribution < -0.4 is 4.74 Å². The van der Waals surface area contributed by atoms with Crippen molar-refractivity contribution in [3.63, 3.8) is 0 Å². The highest BCUT2D eigenvalue weighted by Gasteiger charge is 2.32. The van der Waals surface area contributed by atoms with Crippen molar-refractivity contribution in [2.75, 3.05) is 6.61 Å². The average Bonchev–Trinajstić information content (AvgIpc) is 2.99. The molecule has 29 heavy (non-hydrogen) atoms. The van der Waals surface area contributed by atoms with Crippen LogP contribution in [0.15, 0.2) is 36.9 Å². The molecule has 0 amide bonds. The van der Waals surface area contributed by atoms with E-state index >= 15 is 0 Å². The summed E-state index contributed by atoms with van der Waals surface area (Å²) in [4.78, 5) is 13.9. The summed E-state index contributed by atoms with van der Waals surface area (Å²) in [5.74, 6) is -0.0691. The summed E-state index contributed by atoms with van der Waals surface area (Å²) in [6.45, 7) is 12.1. The van der Waals surface area contributed by atoms with Gasteiger partial charge in [-0.1, -0.05) is 30.9 Å². The first-order chi connectivity index (χ1) is 13.7. The molecule has 0 spiro atoms. The number of hydrogen-bond donors (Lipinski definition) is 1. The van der Waals surface area contributed by atoms with Gasteiger partial charge in [0.2, 0.25) is 0 Å². The van der Waals surface area contributed by atoms with Crippen molar-refractivity contribution in [1.29, 1.82) is 0 Å². The standard InChI is InChI=1S/C24H28O4S/c1-6-7-10-18-15(2)29-22(21(23(25)26)28-24(3,4)5)20(18)17-11-12-19-16(14-17)9-8-13-27-19/h6-7,10-12,14,21H,1,8-9,13H2,2-5H3,(H,25,26)/b10-7-. The van der Waals surface area contributed by atoms with E-state index in [1.807, 2.05) is 52.0 Å². The number of fused-ring (bicyclic) bond motifs is 1. The van der Waals surface area contributed by atoms with E-state index in [0.29, 0.717) is 4.88 Å². The number of rotatable bonds is 6. The molecule has 0 aliphatic carbocycles. The van der Waals surface area contributed by atoms with Gasteiger partial charge in [-0.25, -0.2) is 4.79 Å². The van der Waals surface area contributed by atoms with Gasteiger partial charge in [0.25, 0.3) is 0 Å². The zero-order valence-electron chi connectivity index (χ0n) is 17.5. The minimum Gasteiger partial charge on any atom is -0.493 e. The van der Waals surface area contributed by atoms with E-state index in [0.717, 1.165) is 52.3 Å². The van der Waals surface area contributed by atoms with Gasteiger partial charge >= 0.3 is 5.97 Å². The molecule has 1 aliphatic heterocycles. The highest BCUT2D eigenvalue weighted by atomic mass is 32.1. The topological polar surface area (TPSA) is 55.8 Å². The smallest absolute Gasteiger partial charge is 0.338 e. The Hall–Kier alpha value is -2.37. The molecule has 0 radical (unpaired) electrons. The highest BCUT2D eigenvalue weighted by molar-refractivity contribution is 7.13. The molecule has 154 valence electrons. The summed E-state index contributed by atoms with van der Waals surface area (Å²) >= 11 is 1.48. The summed E-state index contributed by atoms with van der Waals surface area (Å²) in [7, 11) is 0. The number of thiophene rings is 1. The van der Waals surface area contributed by atoms with Crippen molar-refractivity contribution in [2.24, 2.45) is 0 Å². The first-order valence-electron chi connectivity index (χ1n) is 9.80. The second-order valence-corrected chi connectivity index (χ2v) is 9.39. The number of carbonyl (C=O) groups is 1. The van der Waals surface area contributed by atoms with E-state index in [4.69, 9.17) is 9.47 Å². The van der Waals surface area contributed by atoms with Crippen LogP contribution in [-0.2, 0) is 16.0 Å². The predicted molar refractivity (Wildman–Crippen MR) is 119 cm³/mol. The van der Waals surface area contributed by atoms with Crippen LogP contribution in [0.4, 0.5) is 0 Å². The van der Waals surface area contributed by atoms with Crippen molar-refractivity contribution in [2.45, 2.75) is 52.2 Å². The Labute approximate surface area is 176 Å². The Morgan fingerprint density at radius 1 is 1.38 bits per heavy atom.